The number of para-hydroxylation sites is 1. The number of pyridine rings is 2. The quantitative estimate of drug-likeness (QED) is 0.472. The highest BCUT2D eigenvalue weighted by atomic mass is 35.5. The minimum Gasteiger partial charge on any atom is -0.321 e. The number of hydrogen-bond acceptors (Lipinski definition) is 4. The molecule has 0 aliphatic carbocycles. The maximum absolute atomic E-state index is 13.4. The zero-order valence-electron chi connectivity index (χ0n) is 16.7. The highest BCUT2D eigenvalue weighted by molar-refractivity contribution is 7.89. The van der Waals surface area contributed by atoms with Crippen LogP contribution in [0.5, 0.6) is 0 Å². The number of H-pyrrole nitrogens is 1. The summed E-state index contributed by atoms with van der Waals surface area (Å²) < 4.78 is 28.1. The van der Waals surface area contributed by atoms with Gasteiger partial charge in [-0.3, -0.25) is 9.78 Å². The van der Waals surface area contributed by atoms with Crippen molar-refractivity contribution in [3.05, 3.63) is 105 Å². The van der Waals surface area contributed by atoms with E-state index in [4.69, 9.17) is 11.6 Å². The Kier molecular flexibility index (Phi) is 5.91. The van der Waals surface area contributed by atoms with E-state index in [2.05, 4.69) is 9.97 Å². The smallest absolute Gasteiger partial charge is 0.252 e. The summed E-state index contributed by atoms with van der Waals surface area (Å²) in [6.07, 6.45) is 3.23. The molecule has 2 aromatic carbocycles. The van der Waals surface area contributed by atoms with Gasteiger partial charge in [-0.05, 0) is 59.8 Å². The predicted molar refractivity (Wildman–Crippen MR) is 121 cm³/mol. The fourth-order valence-corrected chi connectivity index (χ4v) is 4.95. The first-order valence-electron chi connectivity index (χ1n) is 9.61. The van der Waals surface area contributed by atoms with E-state index in [0.717, 1.165) is 16.5 Å². The highest BCUT2D eigenvalue weighted by Crippen LogP contribution is 2.23. The van der Waals surface area contributed by atoms with Gasteiger partial charge in [0.1, 0.15) is 0 Å². The Morgan fingerprint density at radius 1 is 1.03 bits per heavy atom. The molecule has 0 unspecified atom stereocenters. The number of nitrogens with zero attached hydrogens (tertiary/aromatic N) is 2. The van der Waals surface area contributed by atoms with Crippen molar-refractivity contribution in [2.24, 2.45) is 0 Å². The number of aromatic nitrogens is 2. The molecular formula is C23H20ClN3O3S. The Hall–Kier alpha value is -3.00. The van der Waals surface area contributed by atoms with Crippen LogP contribution in [0.3, 0.4) is 0 Å². The SMILES string of the molecule is Cc1cccc2cc(CN(Cc3cccnc3)S(=O)(=O)c3ccc(Cl)cc3)c(=O)[nH]c12. The third kappa shape index (κ3) is 4.54. The van der Waals surface area contributed by atoms with Crippen LogP contribution in [0.1, 0.15) is 16.7 Å². The van der Waals surface area contributed by atoms with Crippen LogP contribution in [0.4, 0.5) is 0 Å². The van der Waals surface area contributed by atoms with E-state index in [0.29, 0.717) is 16.1 Å². The molecule has 0 spiro atoms. The van der Waals surface area contributed by atoms with E-state index in [1.54, 1.807) is 30.6 Å². The summed E-state index contributed by atoms with van der Waals surface area (Å²) in [6, 6.07) is 17.0. The number of benzene rings is 2. The fourth-order valence-electron chi connectivity index (χ4n) is 3.41. The van der Waals surface area contributed by atoms with Gasteiger partial charge in [0, 0.05) is 36.1 Å². The number of fused-ring (bicyclic) bond motifs is 1. The number of hydrogen-bond donors (Lipinski definition) is 1. The Morgan fingerprint density at radius 2 is 1.81 bits per heavy atom. The lowest BCUT2D eigenvalue weighted by Gasteiger charge is -2.22. The standard InChI is InChI=1S/C23H20ClN3O3S/c1-16-4-2-6-18-12-19(23(28)26-22(16)18)15-27(14-17-5-3-11-25-13-17)31(29,30)21-9-7-20(24)8-10-21/h2-13H,14-15H2,1H3,(H,26,28). The zero-order valence-corrected chi connectivity index (χ0v) is 18.3. The van der Waals surface area contributed by atoms with Crippen LogP contribution in [0, 0.1) is 6.92 Å². The lowest BCUT2D eigenvalue weighted by molar-refractivity contribution is 0.399. The normalized spacial score (nSPS) is 11.8. The van der Waals surface area contributed by atoms with E-state index in [-0.39, 0.29) is 23.5 Å². The van der Waals surface area contributed by atoms with E-state index in [1.807, 2.05) is 25.1 Å². The second kappa shape index (κ2) is 8.63. The molecule has 0 bridgehead atoms. The molecule has 0 radical (unpaired) electrons. The maximum Gasteiger partial charge on any atom is 0.252 e. The van der Waals surface area contributed by atoms with Gasteiger partial charge in [-0.25, -0.2) is 8.42 Å². The van der Waals surface area contributed by atoms with Crippen molar-refractivity contribution in [1.82, 2.24) is 14.3 Å². The molecular weight excluding hydrogens is 434 g/mol. The lowest BCUT2D eigenvalue weighted by atomic mass is 10.1. The third-order valence-corrected chi connectivity index (χ3v) is 7.10. The van der Waals surface area contributed by atoms with Crippen LogP contribution >= 0.6 is 11.6 Å². The number of sulfonamides is 1. The molecule has 2 aromatic heterocycles. The number of aromatic amines is 1. The molecule has 8 heteroatoms. The Bertz CT molecular complexity index is 1390. The molecule has 0 saturated heterocycles. The highest BCUT2D eigenvalue weighted by Gasteiger charge is 2.26. The van der Waals surface area contributed by atoms with E-state index in [9.17, 15) is 13.2 Å². The molecule has 0 aliphatic heterocycles. The Balaban J connectivity index is 1.78. The molecule has 0 aliphatic rings. The van der Waals surface area contributed by atoms with Crippen molar-refractivity contribution in [2.45, 2.75) is 24.9 Å². The fraction of sp³-hybridized carbons (Fsp3) is 0.130. The van der Waals surface area contributed by atoms with Gasteiger partial charge in [0.25, 0.3) is 5.56 Å². The van der Waals surface area contributed by atoms with Crippen molar-refractivity contribution in [3.8, 4) is 0 Å². The molecule has 31 heavy (non-hydrogen) atoms. The van der Waals surface area contributed by atoms with Gasteiger partial charge >= 0.3 is 0 Å². The van der Waals surface area contributed by atoms with Crippen LogP contribution in [0.2, 0.25) is 5.02 Å². The minimum absolute atomic E-state index is 0.0735. The Morgan fingerprint density at radius 3 is 2.52 bits per heavy atom. The molecule has 0 atom stereocenters. The van der Waals surface area contributed by atoms with Gasteiger partial charge in [0.05, 0.1) is 10.4 Å². The monoisotopic (exact) mass is 453 g/mol. The maximum atomic E-state index is 13.4. The van der Waals surface area contributed by atoms with Crippen molar-refractivity contribution in [2.75, 3.05) is 0 Å². The molecule has 4 aromatic rings. The van der Waals surface area contributed by atoms with E-state index in [1.165, 1.54) is 28.6 Å². The van der Waals surface area contributed by atoms with Gasteiger partial charge in [0.2, 0.25) is 10.0 Å². The van der Waals surface area contributed by atoms with Gasteiger partial charge < -0.3 is 4.98 Å². The van der Waals surface area contributed by atoms with E-state index < -0.39 is 10.0 Å². The number of rotatable bonds is 6. The lowest BCUT2D eigenvalue weighted by Crippen LogP contribution is -2.32. The summed E-state index contributed by atoms with van der Waals surface area (Å²) in [4.78, 5) is 19.8. The summed E-state index contributed by atoms with van der Waals surface area (Å²) in [5.74, 6) is 0. The molecule has 0 saturated carbocycles. The van der Waals surface area contributed by atoms with Gasteiger partial charge in [-0.1, -0.05) is 35.9 Å². The van der Waals surface area contributed by atoms with Gasteiger partial charge in [-0.2, -0.15) is 4.31 Å². The molecule has 0 amide bonds. The summed E-state index contributed by atoms with van der Waals surface area (Å²) in [5, 5.41) is 1.29. The van der Waals surface area contributed by atoms with Gasteiger partial charge in [-0.15, -0.1) is 0 Å². The average Bonchev–Trinajstić information content (AvgIpc) is 2.75. The average molecular weight is 454 g/mol. The second-order valence-electron chi connectivity index (χ2n) is 7.25. The first-order valence-corrected chi connectivity index (χ1v) is 11.4. The second-order valence-corrected chi connectivity index (χ2v) is 9.63. The zero-order chi connectivity index (χ0) is 22.0. The van der Waals surface area contributed by atoms with Crippen molar-refractivity contribution in [1.29, 1.82) is 0 Å². The topological polar surface area (TPSA) is 83.1 Å². The van der Waals surface area contributed by atoms with Crippen LogP contribution < -0.4 is 5.56 Å². The minimum atomic E-state index is -3.90. The summed E-state index contributed by atoms with van der Waals surface area (Å²) in [7, 11) is -3.90. The third-order valence-electron chi connectivity index (χ3n) is 5.04. The summed E-state index contributed by atoms with van der Waals surface area (Å²) >= 11 is 5.93. The van der Waals surface area contributed by atoms with Crippen LogP contribution in [-0.4, -0.2) is 22.7 Å². The van der Waals surface area contributed by atoms with Crippen molar-refractivity contribution in [3.63, 3.8) is 0 Å². The molecule has 1 N–H and O–H groups in total. The number of halogens is 1. The van der Waals surface area contributed by atoms with E-state index >= 15 is 0 Å². The van der Waals surface area contributed by atoms with Crippen molar-refractivity contribution >= 4 is 32.5 Å². The number of aryl methyl sites for hydroxylation is 1. The molecule has 0 fully saturated rings. The largest absolute Gasteiger partial charge is 0.321 e. The van der Waals surface area contributed by atoms with Crippen LogP contribution in [0.25, 0.3) is 10.9 Å². The summed E-state index contributed by atoms with van der Waals surface area (Å²) in [6.45, 7) is 1.90. The molecule has 6 nitrogen and oxygen atoms in total. The first-order chi connectivity index (χ1) is 14.8. The molecule has 158 valence electrons. The first kappa shape index (κ1) is 21.2. The molecule has 2 heterocycles. The predicted octanol–water partition coefficient (Wildman–Crippen LogP) is 4.28. The Labute approximate surface area is 185 Å². The van der Waals surface area contributed by atoms with Gasteiger partial charge in [0.15, 0.2) is 0 Å². The van der Waals surface area contributed by atoms with Crippen LogP contribution in [-0.2, 0) is 23.1 Å². The van der Waals surface area contributed by atoms with Crippen molar-refractivity contribution < 1.29 is 8.42 Å². The molecule has 4 rings (SSSR count). The number of nitrogens with one attached hydrogen (secondary N) is 1. The summed E-state index contributed by atoms with van der Waals surface area (Å²) in [5.41, 5.74) is 2.45. The van der Waals surface area contributed by atoms with Crippen LogP contribution in [0.15, 0.2) is 82.7 Å².